The molecule has 4 N–H and O–H groups in total. The van der Waals surface area contributed by atoms with Gasteiger partial charge in [-0.1, -0.05) is 6.07 Å². The van der Waals surface area contributed by atoms with E-state index in [0.29, 0.717) is 0 Å². The molecule has 0 fully saturated rings. The van der Waals surface area contributed by atoms with Gasteiger partial charge in [-0.2, -0.15) is 0 Å². The molecule has 1 aliphatic rings. The number of hydrogen-bond donors (Lipinski definition) is 3. The molecule has 2 unspecified atom stereocenters. The van der Waals surface area contributed by atoms with E-state index in [2.05, 4.69) is 5.32 Å². The van der Waals surface area contributed by atoms with Gasteiger partial charge in [0.2, 0.25) is 5.91 Å². The average molecular weight is 238 g/mol. The third kappa shape index (κ3) is 2.62. The highest BCUT2D eigenvalue weighted by Crippen LogP contribution is 2.31. The first-order valence-electron chi connectivity index (χ1n) is 5.57. The highest BCUT2D eigenvalue weighted by atomic mass is 19.1. The zero-order valence-electron chi connectivity index (χ0n) is 9.32. The lowest BCUT2D eigenvalue weighted by Crippen LogP contribution is -2.38. The fourth-order valence-electron chi connectivity index (χ4n) is 2.15. The van der Waals surface area contributed by atoms with Gasteiger partial charge in [0.05, 0.1) is 0 Å². The minimum Gasteiger partial charge on any atom is -0.382 e. The summed E-state index contributed by atoms with van der Waals surface area (Å²) in [6.07, 6.45) is 0.460. The highest BCUT2D eigenvalue weighted by Gasteiger charge is 2.23. The molecule has 2 rings (SSSR count). The number of nitrogens with two attached hydrogens (primary N) is 1. The second-order valence-corrected chi connectivity index (χ2v) is 4.26. The fourth-order valence-corrected chi connectivity index (χ4v) is 2.15. The van der Waals surface area contributed by atoms with E-state index in [1.807, 2.05) is 0 Å². The fraction of sp³-hybridized carbons (Fsp3) is 0.417. The molecule has 0 saturated heterocycles. The summed E-state index contributed by atoms with van der Waals surface area (Å²) in [5.41, 5.74) is 6.97. The first-order chi connectivity index (χ1) is 8.08. The Morgan fingerprint density at radius 3 is 3.12 bits per heavy atom. The van der Waals surface area contributed by atoms with Crippen LogP contribution in [0.5, 0.6) is 0 Å². The lowest BCUT2D eigenvalue weighted by atomic mass is 10.1. The Bertz CT molecular complexity index is 437. The number of primary amides is 1. The summed E-state index contributed by atoms with van der Waals surface area (Å²) >= 11 is 0. The number of hydrogen-bond acceptors (Lipinski definition) is 3. The predicted octanol–water partition coefficient (Wildman–Crippen LogP) is 0.249. The van der Waals surface area contributed by atoms with Crippen LogP contribution in [0.15, 0.2) is 18.2 Å². The van der Waals surface area contributed by atoms with Crippen LogP contribution in [0.3, 0.4) is 0 Å². The molecule has 1 aliphatic carbocycles. The number of aryl methyl sites for hydroxylation is 1. The normalized spacial score (nSPS) is 20.0. The molecular formula is C12H15FN2O2. The van der Waals surface area contributed by atoms with E-state index in [-0.39, 0.29) is 18.4 Å². The van der Waals surface area contributed by atoms with Crippen LogP contribution in [0.2, 0.25) is 0 Å². The molecule has 1 aromatic rings. The van der Waals surface area contributed by atoms with Crippen LogP contribution < -0.4 is 11.1 Å². The first-order valence-corrected chi connectivity index (χ1v) is 5.57. The molecule has 5 heteroatoms. The standard InChI is InChI=1S/C12H15FN2O2/c13-8-2-3-9-7(5-8)1-4-10(9)15-6-11(16)12(14)17/h2-3,5,10-11,15-16H,1,4,6H2,(H2,14,17). The summed E-state index contributed by atoms with van der Waals surface area (Å²) < 4.78 is 13.0. The lowest BCUT2D eigenvalue weighted by Gasteiger charge is -2.15. The Morgan fingerprint density at radius 2 is 2.41 bits per heavy atom. The number of aliphatic hydroxyl groups is 1. The van der Waals surface area contributed by atoms with E-state index < -0.39 is 12.0 Å². The molecule has 0 spiro atoms. The lowest BCUT2D eigenvalue weighted by molar-refractivity contribution is -0.125. The Balaban J connectivity index is 2.00. The van der Waals surface area contributed by atoms with Crippen molar-refractivity contribution in [2.75, 3.05) is 6.54 Å². The number of amides is 1. The molecular weight excluding hydrogens is 223 g/mol. The maximum Gasteiger partial charge on any atom is 0.247 e. The molecule has 1 amide bonds. The van der Waals surface area contributed by atoms with Crippen LogP contribution in [0.4, 0.5) is 4.39 Å². The number of carbonyl (C=O) groups excluding carboxylic acids is 1. The number of benzene rings is 1. The van der Waals surface area contributed by atoms with Gasteiger partial charge >= 0.3 is 0 Å². The van der Waals surface area contributed by atoms with Crippen molar-refractivity contribution in [3.63, 3.8) is 0 Å². The quantitative estimate of drug-likeness (QED) is 0.703. The zero-order valence-corrected chi connectivity index (χ0v) is 9.32. The highest BCUT2D eigenvalue weighted by molar-refractivity contribution is 5.78. The van der Waals surface area contributed by atoms with E-state index in [4.69, 9.17) is 5.73 Å². The Labute approximate surface area is 98.6 Å². The van der Waals surface area contributed by atoms with Crippen molar-refractivity contribution >= 4 is 5.91 Å². The molecule has 1 aromatic carbocycles. The number of aliphatic hydroxyl groups excluding tert-OH is 1. The summed E-state index contributed by atoms with van der Waals surface area (Å²) in [5, 5.41) is 12.3. The van der Waals surface area contributed by atoms with Crippen LogP contribution in [-0.2, 0) is 11.2 Å². The van der Waals surface area contributed by atoms with Crippen molar-refractivity contribution in [3.05, 3.63) is 35.1 Å². The number of rotatable bonds is 4. The van der Waals surface area contributed by atoms with Crippen LogP contribution in [-0.4, -0.2) is 23.7 Å². The molecule has 17 heavy (non-hydrogen) atoms. The molecule has 92 valence electrons. The maximum absolute atomic E-state index is 13.0. The van der Waals surface area contributed by atoms with Crippen molar-refractivity contribution in [3.8, 4) is 0 Å². The summed E-state index contributed by atoms with van der Waals surface area (Å²) in [5.74, 6) is -0.976. The molecule has 0 radical (unpaired) electrons. The van der Waals surface area contributed by atoms with Crippen molar-refractivity contribution in [1.82, 2.24) is 5.32 Å². The third-order valence-corrected chi connectivity index (χ3v) is 3.07. The summed E-state index contributed by atoms with van der Waals surface area (Å²) in [7, 11) is 0. The number of nitrogens with one attached hydrogen (secondary N) is 1. The molecule has 2 atom stereocenters. The average Bonchev–Trinajstić information content (AvgIpc) is 2.67. The van der Waals surface area contributed by atoms with Gasteiger partial charge in [-0.05, 0) is 36.1 Å². The predicted molar refractivity (Wildman–Crippen MR) is 60.7 cm³/mol. The Hall–Kier alpha value is -1.46. The van der Waals surface area contributed by atoms with E-state index in [1.54, 1.807) is 6.07 Å². The number of fused-ring (bicyclic) bond motifs is 1. The molecule has 0 aromatic heterocycles. The Kier molecular flexibility index (Phi) is 3.40. The third-order valence-electron chi connectivity index (χ3n) is 3.07. The molecule has 0 aliphatic heterocycles. The van der Waals surface area contributed by atoms with Gasteiger partial charge in [-0.3, -0.25) is 4.79 Å². The molecule has 4 nitrogen and oxygen atoms in total. The van der Waals surface area contributed by atoms with Crippen molar-refractivity contribution < 1.29 is 14.3 Å². The van der Waals surface area contributed by atoms with Crippen molar-refractivity contribution in [2.45, 2.75) is 25.0 Å². The van der Waals surface area contributed by atoms with E-state index in [9.17, 15) is 14.3 Å². The summed E-state index contributed by atoms with van der Waals surface area (Å²) in [4.78, 5) is 10.7. The van der Waals surface area contributed by atoms with Gasteiger partial charge in [0.15, 0.2) is 0 Å². The summed E-state index contributed by atoms with van der Waals surface area (Å²) in [6, 6.07) is 4.75. The second kappa shape index (κ2) is 4.81. The first kappa shape index (κ1) is 12.0. The second-order valence-electron chi connectivity index (χ2n) is 4.26. The smallest absolute Gasteiger partial charge is 0.247 e. The van der Waals surface area contributed by atoms with Gasteiger partial charge in [-0.15, -0.1) is 0 Å². The van der Waals surface area contributed by atoms with Crippen LogP contribution in [0.25, 0.3) is 0 Å². The maximum atomic E-state index is 13.0. The van der Waals surface area contributed by atoms with Crippen molar-refractivity contribution in [1.29, 1.82) is 0 Å². The number of halogens is 1. The van der Waals surface area contributed by atoms with Gasteiger partial charge in [0, 0.05) is 12.6 Å². The topological polar surface area (TPSA) is 75.4 Å². The minimum absolute atomic E-state index is 0.0552. The molecule has 0 bridgehead atoms. The van der Waals surface area contributed by atoms with Crippen LogP contribution in [0, 0.1) is 5.82 Å². The molecule has 0 saturated carbocycles. The van der Waals surface area contributed by atoms with Gasteiger partial charge in [0.25, 0.3) is 0 Å². The van der Waals surface area contributed by atoms with E-state index >= 15 is 0 Å². The van der Waals surface area contributed by atoms with Crippen molar-refractivity contribution in [2.24, 2.45) is 5.73 Å². The van der Waals surface area contributed by atoms with Crippen LogP contribution >= 0.6 is 0 Å². The Morgan fingerprint density at radius 1 is 1.65 bits per heavy atom. The van der Waals surface area contributed by atoms with Crippen LogP contribution in [0.1, 0.15) is 23.6 Å². The zero-order chi connectivity index (χ0) is 12.4. The van der Waals surface area contributed by atoms with Gasteiger partial charge < -0.3 is 16.2 Å². The van der Waals surface area contributed by atoms with Gasteiger partial charge in [0.1, 0.15) is 11.9 Å². The van der Waals surface area contributed by atoms with E-state index in [0.717, 1.165) is 24.0 Å². The van der Waals surface area contributed by atoms with E-state index in [1.165, 1.54) is 12.1 Å². The number of carbonyl (C=O) groups is 1. The SMILES string of the molecule is NC(=O)C(O)CNC1CCc2cc(F)ccc21. The molecule has 0 heterocycles. The largest absolute Gasteiger partial charge is 0.382 e. The summed E-state index contributed by atoms with van der Waals surface area (Å²) in [6.45, 7) is 0.122. The van der Waals surface area contributed by atoms with Gasteiger partial charge in [-0.25, -0.2) is 4.39 Å². The minimum atomic E-state index is -1.18. The monoisotopic (exact) mass is 238 g/mol.